The van der Waals surface area contributed by atoms with Gasteiger partial charge in [0.25, 0.3) is 0 Å². The molecule has 0 aliphatic heterocycles. The van der Waals surface area contributed by atoms with Crippen LogP contribution in [0.3, 0.4) is 0 Å². The van der Waals surface area contributed by atoms with Gasteiger partial charge in [-0.1, -0.05) is 26.0 Å². The number of rotatable bonds is 15. The van der Waals surface area contributed by atoms with Crippen LogP contribution in [0.15, 0.2) is 24.3 Å². The number of aliphatic carboxylic acids is 1. The normalized spacial score (nSPS) is 15.1. The second-order valence-electron chi connectivity index (χ2n) is 9.30. The minimum absolute atomic E-state index is 0.0128. The van der Waals surface area contributed by atoms with Crippen LogP contribution in [-0.2, 0) is 30.4 Å². The zero-order valence-electron chi connectivity index (χ0n) is 21.1. The fourth-order valence-corrected chi connectivity index (χ4v) is 3.40. The van der Waals surface area contributed by atoms with Crippen molar-refractivity contribution in [3.8, 4) is 5.75 Å². The van der Waals surface area contributed by atoms with E-state index in [4.69, 9.17) is 11.5 Å². The number of aliphatic hydroxyl groups is 1. The first-order valence-corrected chi connectivity index (χ1v) is 11.8. The Bertz CT molecular complexity index is 951. The molecule has 5 unspecified atom stereocenters. The number of carbonyl (C=O) groups is 5. The molecule has 0 aliphatic rings. The van der Waals surface area contributed by atoms with E-state index < -0.39 is 59.9 Å². The predicted octanol–water partition coefficient (Wildman–Crippen LogP) is -1.51. The van der Waals surface area contributed by atoms with Crippen molar-refractivity contribution >= 4 is 29.6 Å². The number of aromatic hydroxyl groups is 1. The van der Waals surface area contributed by atoms with E-state index in [1.165, 1.54) is 31.2 Å². The number of nitrogens with two attached hydrogens (primary N) is 2. The number of aliphatic hydroxyl groups excluding tert-OH is 1. The molecule has 1 rings (SSSR count). The van der Waals surface area contributed by atoms with Crippen molar-refractivity contribution in [2.24, 2.45) is 17.4 Å². The highest BCUT2D eigenvalue weighted by Gasteiger charge is 2.32. The number of phenolic OH excluding ortho intramolecular Hbond substituents is 1. The topological polar surface area (TPSA) is 234 Å². The minimum atomic E-state index is -1.51. The molecule has 10 N–H and O–H groups in total. The van der Waals surface area contributed by atoms with Gasteiger partial charge in [0.15, 0.2) is 0 Å². The Balaban J connectivity index is 3.10. The van der Waals surface area contributed by atoms with E-state index in [2.05, 4.69) is 16.0 Å². The zero-order valence-corrected chi connectivity index (χ0v) is 21.1. The summed E-state index contributed by atoms with van der Waals surface area (Å²) in [6, 6.07) is 0.647. The smallest absolute Gasteiger partial charge is 0.326 e. The Morgan fingerprint density at radius 1 is 0.892 bits per heavy atom. The summed E-state index contributed by atoms with van der Waals surface area (Å²) in [7, 11) is 0. The van der Waals surface area contributed by atoms with Crippen LogP contribution < -0.4 is 27.4 Å². The SMILES string of the molecule is CC(C)CC(NC(=O)C(Cc1ccc(O)cc1)NC(=O)C(NC(=O)C(N)CCC(N)=O)C(C)O)C(=O)O. The molecule has 37 heavy (non-hydrogen) atoms. The third-order valence-electron chi connectivity index (χ3n) is 5.43. The Hall–Kier alpha value is -3.71. The lowest BCUT2D eigenvalue weighted by atomic mass is 10.0. The number of carboxylic acid groups (broad SMARTS) is 1. The number of nitrogens with one attached hydrogen (secondary N) is 3. The summed E-state index contributed by atoms with van der Waals surface area (Å²) >= 11 is 0. The third-order valence-corrected chi connectivity index (χ3v) is 5.43. The summed E-state index contributed by atoms with van der Waals surface area (Å²) < 4.78 is 0. The highest BCUT2D eigenvalue weighted by atomic mass is 16.4. The number of hydrogen-bond donors (Lipinski definition) is 8. The maximum Gasteiger partial charge on any atom is 0.326 e. The van der Waals surface area contributed by atoms with Gasteiger partial charge in [-0.05, 0) is 43.4 Å². The van der Waals surface area contributed by atoms with Crippen molar-refractivity contribution in [2.75, 3.05) is 0 Å². The summed E-state index contributed by atoms with van der Waals surface area (Å²) in [5, 5.41) is 36.3. The van der Waals surface area contributed by atoms with Crippen molar-refractivity contribution in [3.63, 3.8) is 0 Å². The lowest BCUT2D eigenvalue weighted by Gasteiger charge is -2.27. The molecule has 1 aromatic carbocycles. The van der Waals surface area contributed by atoms with Gasteiger partial charge in [0, 0.05) is 12.8 Å². The molecule has 5 atom stereocenters. The predicted molar refractivity (Wildman–Crippen MR) is 133 cm³/mol. The Morgan fingerprint density at radius 2 is 1.46 bits per heavy atom. The van der Waals surface area contributed by atoms with Crippen LogP contribution in [0.25, 0.3) is 0 Å². The summed E-state index contributed by atoms with van der Waals surface area (Å²) in [6.07, 6.45) is -1.55. The average Bonchev–Trinajstić information content (AvgIpc) is 2.80. The van der Waals surface area contributed by atoms with Gasteiger partial charge in [-0.15, -0.1) is 0 Å². The monoisotopic (exact) mass is 523 g/mol. The first-order valence-electron chi connectivity index (χ1n) is 11.8. The minimum Gasteiger partial charge on any atom is -0.508 e. The van der Waals surface area contributed by atoms with Gasteiger partial charge >= 0.3 is 5.97 Å². The molecule has 0 aromatic heterocycles. The van der Waals surface area contributed by atoms with Crippen LogP contribution in [0.4, 0.5) is 0 Å². The Morgan fingerprint density at radius 3 is 1.95 bits per heavy atom. The molecule has 0 saturated carbocycles. The van der Waals surface area contributed by atoms with Crippen LogP contribution in [0.1, 0.15) is 45.6 Å². The van der Waals surface area contributed by atoms with E-state index in [0.29, 0.717) is 5.56 Å². The molecule has 206 valence electrons. The van der Waals surface area contributed by atoms with Crippen LogP contribution in [0.5, 0.6) is 5.75 Å². The number of amides is 4. The van der Waals surface area contributed by atoms with E-state index in [-0.39, 0.29) is 37.4 Å². The number of carboxylic acids is 1. The van der Waals surface area contributed by atoms with Crippen LogP contribution in [0.2, 0.25) is 0 Å². The molecular weight excluding hydrogens is 486 g/mol. The maximum absolute atomic E-state index is 13.1. The summed E-state index contributed by atoms with van der Waals surface area (Å²) in [5.41, 5.74) is 11.3. The largest absolute Gasteiger partial charge is 0.508 e. The summed E-state index contributed by atoms with van der Waals surface area (Å²) in [5.74, 6) is -4.47. The molecule has 13 heteroatoms. The fraction of sp³-hybridized carbons (Fsp3) is 0.542. The van der Waals surface area contributed by atoms with Gasteiger partial charge in [0.05, 0.1) is 12.1 Å². The van der Waals surface area contributed by atoms with Crippen LogP contribution >= 0.6 is 0 Å². The summed E-state index contributed by atoms with van der Waals surface area (Å²) in [6.45, 7) is 4.83. The average molecular weight is 524 g/mol. The number of primary amides is 1. The molecular formula is C24H37N5O8. The highest BCUT2D eigenvalue weighted by Crippen LogP contribution is 2.13. The number of benzene rings is 1. The molecule has 1 aromatic rings. The summed E-state index contributed by atoms with van der Waals surface area (Å²) in [4.78, 5) is 61.1. The highest BCUT2D eigenvalue weighted by molar-refractivity contribution is 5.94. The molecule has 0 bridgehead atoms. The molecule has 0 heterocycles. The second-order valence-corrected chi connectivity index (χ2v) is 9.30. The Kier molecular flexibility index (Phi) is 12.5. The third kappa shape index (κ3) is 11.3. The number of phenols is 1. The number of carbonyl (C=O) groups excluding carboxylic acids is 4. The zero-order chi connectivity index (χ0) is 28.3. The second kappa shape index (κ2) is 14.8. The van der Waals surface area contributed by atoms with Crippen molar-refractivity contribution in [2.45, 2.75) is 76.7 Å². The van der Waals surface area contributed by atoms with Crippen molar-refractivity contribution in [3.05, 3.63) is 29.8 Å². The van der Waals surface area contributed by atoms with E-state index in [1.54, 1.807) is 13.8 Å². The first kappa shape index (κ1) is 31.3. The molecule has 0 radical (unpaired) electrons. The Labute approximate surface area is 215 Å². The van der Waals surface area contributed by atoms with Gasteiger partial charge < -0.3 is 42.7 Å². The van der Waals surface area contributed by atoms with Gasteiger partial charge in [0.2, 0.25) is 23.6 Å². The first-order chi connectivity index (χ1) is 17.2. The maximum atomic E-state index is 13.1. The lowest BCUT2D eigenvalue weighted by molar-refractivity contribution is -0.143. The van der Waals surface area contributed by atoms with E-state index >= 15 is 0 Å². The molecule has 0 fully saturated rings. The van der Waals surface area contributed by atoms with Crippen molar-refractivity contribution in [1.29, 1.82) is 0 Å². The lowest BCUT2D eigenvalue weighted by Crippen LogP contribution is -2.60. The van der Waals surface area contributed by atoms with E-state index in [1.807, 2.05) is 0 Å². The van der Waals surface area contributed by atoms with E-state index in [0.717, 1.165) is 0 Å². The van der Waals surface area contributed by atoms with Gasteiger partial charge in [-0.2, -0.15) is 0 Å². The van der Waals surface area contributed by atoms with Crippen LogP contribution in [0, 0.1) is 5.92 Å². The quantitative estimate of drug-likeness (QED) is 0.133. The van der Waals surface area contributed by atoms with Gasteiger partial charge in [0.1, 0.15) is 23.9 Å². The molecule has 13 nitrogen and oxygen atoms in total. The number of hydrogen-bond acceptors (Lipinski definition) is 8. The fourth-order valence-electron chi connectivity index (χ4n) is 3.40. The van der Waals surface area contributed by atoms with E-state index in [9.17, 15) is 39.3 Å². The van der Waals surface area contributed by atoms with Gasteiger partial charge in [-0.25, -0.2) is 4.79 Å². The molecule has 0 spiro atoms. The van der Waals surface area contributed by atoms with Gasteiger partial charge in [-0.3, -0.25) is 19.2 Å². The van der Waals surface area contributed by atoms with Crippen molar-refractivity contribution in [1.82, 2.24) is 16.0 Å². The standard InChI is InChI=1S/C24H37N5O8/c1-12(2)10-18(24(36)37)28-22(34)17(11-14-4-6-15(31)7-5-14)27-23(35)20(13(3)30)29-21(33)16(25)8-9-19(26)32/h4-7,12-13,16-18,20,30-31H,8-11,25H2,1-3H3,(H2,26,32)(H,27,35)(H,28,34)(H,29,33)(H,36,37). The molecule has 0 aliphatic carbocycles. The molecule has 4 amide bonds. The molecule has 0 saturated heterocycles. The van der Waals surface area contributed by atoms with Crippen LogP contribution in [-0.4, -0.2) is 75.2 Å². The van der Waals surface area contributed by atoms with Crippen molar-refractivity contribution < 1.29 is 39.3 Å².